The van der Waals surface area contributed by atoms with Crippen LogP contribution in [0.3, 0.4) is 0 Å². The largest absolute Gasteiger partial charge is 0.392 e. The molecule has 1 aliphatic rings. The van der Waals surface area contributed by atoms with Crippen molar-refractivity contribution in [2.75, 3.05) is 37.6 Å². The third kappa shape index (κ3) is 5.52. The van der Waals surface area contributed by atoms with Gasteiger partial charge in [-0.05, 0) is 42.8 Å². The maximum atomic E-state index is 13.6. The number of hydrogen-bond donors (Lipinski definition) is 2. The van der Waals surface area contributed by atoms with E-state index in [1.165, 1.54) is 12.1 Å². The zero-order valence-corrected chi connectivity index (χ0v) is 21.6. The smallest absolute Gasteiger partial charge is 0.137 e. The van der Waals surface area contributed by atoms with Crippen molar-refractivity contribution in [1.82, 2.24) is 29.6 Å². The van der Waals surface area contributed by atoms with E-state index in [1.54, 1.807) is 10.9 Å². The Morgan fingerprint density at radius 1 is 0.923 bits per heavy atom. The fourth-order valence-electron chi connectivity index (χ4n) is 5.16. The van der Waals surface area contributed by atoms with Gasteiger partial charge in [0.15, 0.2) is 0 Å². The first-order valence-electron chi connectivity index (χ1n) is 13.0. The number of nitrogens with one attached hydrogen (secondary N) is 1. The van der Waals surface area contributed by atoms with Gasteiger partial charge in [-0.2, -0.15) is 5.10 Å². The summed E-state index contributed by atoms with van der Waals surface area (Å²) in [6.45, 7) is 6.34. The van der Waals surface area contributed by atoms with Crippen LogP contribution in [0.1, 0.15) is 12.5 Å². The van der Waals surface area contributed by atoms with Gasteiger partial charge >= 0.3 is 0 Å². The first kappa shape index (κ1) is 25.1. The van der Waals surface area contributed by atoms with Crippen molar-refractivity contribution in [1.29, 1.82) is 0 Å². The molecule has 0 bridgehead atoms. The predicted octanol–water partition coefficient (Wildman–Crippen LogP) is 4.32. The highest BCUT2D eigenvalue weighted by atomic mass is 19.1. The molecule has 0 aliphatic carbocycles. The highest BCUT2D eigenvalue weighted by Gasteiger charge is 2.19. The van der Waals surface area contributed by atoms with Gasteiger partial charge in [-0.25, -0.2) is 18.7 Å². The second-order valence-corrected chi connectivity index (χ2v) is 10.1. The molecule has 39 heavy (non-hydrogen) atoms. The number of pyridine rings is 2. The minimum atomic E-state index is -0.606. The lowest BCUT2D eigenvalue weighted by atomic mass is 10.1. The zero-order chi connectivity index (χ0) is 26.9. The first-order chi connectivity index (χ1) is 18.9. The average Bonchev–Trinajstić information content (AvgIpc) is 3.55. The van der Waals surface area contributed by atoms with Crippen LogP contribution < -0.4 is 4.90 Å². The minimum absolute atomic E-state index is 0.258. The maximum Gasteiger partial charge on any atom is 0.137 e. The molecule has 5 heterocycles. The normalized spacial score (nSPS) is 15.2. The molecule has 1 aliphatic heterocycles. The zero-order valence-electron chi connectivity index (χ0n) is 21.6. The third-order valence-electron chi connectivity index (χ3n) is 7.04. The van der Waals surface area contributed by atoms with Gasteiger partial charge < -0.3 is 15.0 Å². The molecule has 8 nitrogen and oxygen atoms in total. The van der Waals surface area contributed by atoms with Crippen molar-refractivity contribution < 1.29 is 13.9 Å². The number of aliphatic hydroxyl groups excluding tert-OH is 1. The summed E-state index contributed by atoms with van der Waals surface area (Å²) in [6, 6.07) is 9.67. The number of anilines is 1. The summed E-state index contributed by atoms with van der Waals surface area (Å²) < 4.78 is 28.8. The molecular formula is C29H29F2N7O. The summed E-state index contributed by atoms with van der Waals surface area (Å²) in [5.74, 6) is -0.270. The molecule has 2 N–H and O–H groups in total. The van der Waals surface area contributed by atoms with Crippen LogP contribution in [-0.2, 0) is 6.54 Å². The van der Waals surface area contributed by atoms with E-state index < -0.39 is 11.6 Å². The maximum absolute atomic E-state index is 13.6. The van der Waals surface area contributed by atoms with Gasteiger partial charge in [0.05, 0.1) is 18.8 Å². The number of hydrogen-bond acceptors (Lipinski definition) is 6. The molecule has 1 aromatic carbocycles. The molecule has 0 spiro atoms. The highest BCUT2D eigenvalue weighted by Crippen LogP contribution is 2.31. The summed E-state index contributed by atoms with van der Waals surface area (Å²) in [5, 5.41) is 15.0. The number of β-amino-alcohol motifs (C(OH)–C–C–N with tert-alkyl or cyclic N) is 1. The van der Waals surface area contributed by atoms with E-state index in [1.807, 2.05) is 37.8 Å². The van der Waals surface area contributed by atoms with Gasteiger partial charge in [0.1, 0.15) is 23.1 Å². The van der Waals surface area contributed by atoms with Crippen molar-refractivity contribution in [2.24, 2.45) is 0 Å². The van der Waals surface area contributed by atoms with E-state index in [0.717, 1.165) is 71.4 Å². The summed E-state index contributed by atoms with van der Waals surface area (Å²) in [4.78, 5) is 17.1. The van der Waals surface area contributed by atoms with E-state index in [4.69, 9.17) is 4.98 Å². The molecule has 1 atom stereocenters. The summed E-state index contributed by atoms with van der Waals surface area (Å²) >= 11 is 0. The number of H-pyrrole nitrogens is 1. The third-order valence-corrected chi connectivity index (χ3v) is 7.04. The molecule has 0 amide bonds. The lowest BCUT2D eigenvalue weighted by Crippen LogP contribution is -2.48. The summed E-state index contributed by atoms with van der Waals surface area (Å²) in [6.07, 6.45) is 8.88. The summed E-state index contributed by atoms with van der Waals surface area (Å²) in [7, 11) is 0. The van der Waals surface area contributed by atoms with E-state index in [-0.39, 0.29) is 12.6 Å². The standard InChI is InChI=1S/C29H29F2N7O/c1-19(39)16-36-4-6-37(7-5-36)28-3-2-21(12-32-28)22-10-26-27(15-34-29(26)33-13-22)23-14-35-38(18-23)17-20-8-24(30)11-25(31)9-20/h2-3,8-15,18-19,39H,4-7,16-17H2,1H3,(H,33,34). The van der Waals surface area contributed by atoms with Crippen molar-refractivity contribution in [3.05, 3.63) is 84.6 Å². The van der Waals surface area contributed by atoms with Crippen LogP contribution in [0.15, 0.2) is 67.4 Å². The van der Waals surface area contributed by atoms with Crippen LogP contribution in [0, 0.1) is 11.6 Å². The van der Waals surface area contributed by atoms with E-state index in [9.17, 15) is 13.9 Å². The molecule has 1 saturated heterocycles. The van der Waals surface area contributed by atoms with Gasteiger partial charge in [0.2, 0.25) is 0 Å². The number of aromatic amines is 1. The number of halogens is 2. The quantitative estimate of drug-likeness (QED) is 0.327. The Hall–Kier alpha value is -4.15. The molecule has 1 unspecified atom stereocenters. The number of aliphatic hydroxyl groups is 1. The fraction of sp³-hybridized carbons (Fsp3) is 0.276. The summed E-state index contributed by atoms with van der Waals surface area (Å²) in [5.41, 5.74) is 5.00. The number of benzene rings is 1. The van der Waals surface area contributed by atoms with E-state index >= 15 is 0 Å². The lowest BCUT2D eigenvalue weighted by molar-refractivity contribution is 0.122. The number of fused-ring (bicyclic) bond motifs is 1. The molecule has 0 saturated carbocycles. The van der Waals surface area contributed by atoms with Gasteiger partial charge in [0, 0.05) is 91.2 Å². The van der Waals surface area contributed by atoms with Crippen molar-refractivity contribution in [3.63, 3.8) is 0 Å². The molecule has 0 radical (unpaired) electrons. The van der Waals surface area contributed by atoms with Crippen LogP contribution in [0.25, 0.3) is 33.3 Å². The second-order valence-electron chi connectivity index (χ2n) is 10.1. The molecule has 6 rings (SSSR count). The fourth-order valence-corrected chi connectivity index (χ4v) is 5.16. The SMILES string of the molecule is CC(O)CN1CCN(c2ccc(-c3cnc4[nH]cc(-c5cnn(Cc6cc(F)cc(F)c6)c5)c4c3)cn2)CC1. The van der Waals surface area contributed by atoms with Crippen LogP contribution in [0.5, 0.6) is 0 Å². The Labute approximate surface area is 224 Å². The van der Waals surface area contributed by atoms with Gasteiger partial charge in [-0.15, -0.1) is 0 Å². The number of nitrogens with zero attached hydrogens (tertiary/aromatic N) is 6. The molecule has 10 heteroatoms. The Balaban J connectivity index is 1.19. The van der Waals surface area contributed by atoms with Crippen molar-refractivity contribution in [2.45, 2.75) is 19.6 Å². The number of rotatable bonds is 7. The van der Waals surface area contributed by atoms with Gasteiger partial charge in [0.25, 0.3) is 0 Å². The predicted molar refractivity (Wildman–Crippen MR) is 146 cm³/mol. The Kier molecular flexibility index (Phi) is 6.80. The van der Waals surface area contributed by atoms with Crippen molar-refractivity contribution >= 4 is 16.9 Å². The monoisotopic (exact) mass is 529 g/mol. The molecule has 1 fully saturated rings. The van der Waals surface area contributed by atoms with E-state index in [0.29, 0.717) is 12.1 Å². The highest BCUT2D eigenvalue weighted by molar-refractivity contribution is 5.95. The van der Waals surface area contributed by atoms with Gasteiger partial charge in [-0.3, -0.25) is 9.58 Å². The molecule has 5 aromatic rings. The topological polar surface area (TPSA) is 86.1 Å². The second kappa shape index (κ2) is 10.5. The van der Waals surface area contributed by atoms with E-state index in [2.05, 4.69) is 37.0 Å². The first-order valence-corrected chi connectivity index (χ1v) is 13.0. The lowest BCUT2D eigenvalue weighted by Gasteiger charge is -2.35. The Morgan fingerprint density at radius 2 is 1.69 bits per heavy atom. The van der Waals surface area contributed by atoms with Crippen LogP contribution in [0.4, 0.5) is 14.6 Å². The molecule has 4 aromatic heterocycles. The molecule has 200 valence electrons. The average molecular weight is 530 g/mol. The van der Waals surface area contributed by atoms with Crippen LogP contribution in [0.2, 0.25) is 0 Å². The Bertz CT molecular complexity index is 1570. The number of aromatic nitrogens is 5. The Morgan fingerprint density at radius 3 is 2.41 bits per heavy atom. The van der Waals surface area contributed by atoms with Crippen LogP contribution in [-0.4, -0.2) is 73.6 Å². The minimum Gasteiger partial charge on any atom is -0.392 e. The van der Waals surface area contributed by atoms with Crippen LogP contribution >= 0.6 is 0 Å². The molecular weight excluding hydrogens is 500 g/mol. The van der Waals surface area contributed by atoms with Gasteiger partial charge in [-0.1, -0.05) is 0 Å². The number of piperazine rings is 1. The van der Waals surface area contributed by atoms with Crippen molar-refractivity contribution in [3.8, 4) is 22.3 Å².